The summed E-state index contributed by atoms with van der Waals surface area (Å²) in [5.41, 5.74) is 0.609. The van der Waals surface area contributed by atoms with Gasteiger partial charge >= 0.3 is 0 Å². The number of nitrogens with zero attached hydrogens (tertiary/aromatic N) is 4. The van der Waals surface area contributed by atoms with Gasteiger partial charge in [-0.25, -0.2) is 19.3 Å². The fourth-order valence-corrected chi connectivity index (χ4v) is 3.56. The third-order valence-corrected chi connectivity index (χ3v) is 5.21. The van der Waals surface area contributed by atoms with Crippen LogP contribution in [0.5, 0.6) is 0 Å². The monoisotopic (exact) mass is 481 g/mol. The van der Waals surface area contributed by atoms with Crippen molar-refractivity contribution in [2.75, 3.05) is 0 Å². The maximum Gasteiger partial charge on any atom is 0.265 e. The lowest BCUT2D eigenvalue weighted by molar-refractivity contribution is 0.0938. The molecule has 7 nitrogen and oxygen atoms in total. The quantitative estimate of drug-likeness (QED) is 0.470. The molecule has 1 atom stereocenters. The molecule has 4 aromatic rings. The van der Waals surface area contributed by atoms with Crippen LogP contribution >= 0.6 is 15.9 Å². The number of halogens is 2. The van der Waals surface area contributed by atoms with Crippen molar-refractivity contribution < 1.29 is 9.18 Å². The van der Waals surface area contributed by atoms with Gasteiger partial charge in [0.2, 0.25) is 0 Å². The summed E-state index contributed by atoms with van der Waals surface area (Å²) >= 11 is 3.37. The first-order chi connectivity index (χ1) is 14.9. The lowest BCUT2D eigenvalue weighted by Crippen LogP contribution is -2.35. The van der Waals surface area contributed by atoms with Crippen LogP contribution in [0.1, 0.15) is 34.7 Å². The number of carbonyl (C=O) groups excluding carboxylic acids is 1. The minimum Gasteiger partial charge on any atom is -0.345 e. The van der Waals surface area contributed by atoms with Crippen LogP contribution in [0, 0.1) is 5.82 Å². The topological polar surface area (TPSA) is 89.8 Å². The summed E-state index contributed by atoms with van der Waals surface area (Å²) < 4.78 is 15.3. The van der Waals surface area contributed by atoms with Gasteiger partial charge in [-0.3, -0.25) is 14.2 Å². The highest BCUT2D eigenvalue weighted by Crippen LogP contribution is 2.19. The highest BCUT2D eigenvalue weighted by Gasteiger charge is 2.19. The zero-order valence-corrected chi connectivity index (χ0v) is 18.0. The van der Waals surface area contributed by atoms with Crippen molar-refractivity contribution in [3.63, 3.8) is 0 Å². The SMILES string of the molecule is CC(NC(=O)c1cc2cc(Br)cnc2n(Cc2ncccn2)c1=O)c1ccc(F)cc1. The molecule has 4 rings (SSSR count). The highest BCUT2D eigenvalue weighted by molar-refractivity contribution is 9.10. The van der Waals surface area contributed by atoms with Crippen molar-refractivity contribution in [1.29, 1.82) is 0 Å². The third-order valence-electron chi connectivity index (χ3n) is 4.77. The molecule has 1 amide bonds. The fraction of sp³-hybridized carbons (Fsp3) is 0.136. The molecule has 0 radical (unpaired) electrons. The van der Waals surface area contributed by atoms with E-state index in [9.17, 15) is 14.0 Å². The molecule has 0 aliphatic carbocycles. The van der Waals surface area contributed by atoms with Crippen LogP contribution in [-0.4, -0.2) is 25.4 Å². The average molecular weight is 482 g/mol. The lowest BCUT2D eigenvalue weighted by atomic mass is 10.1. The van der Waals surface area contributed by atoms with Crippen LogP contribution in [0.2, 0.25) is 0 Å². The summed E-state index contributed by atoms with van der Waals surface area (Å²) in [6, 6.07) is 10.4. The molecular weight excluding hydrogens is 465 g/mol. The largest absolute Gasteiger partial charge is 0.345 e. The minimum atomic E-state index is -0.536. The van der Waals surface area contributed by atoms with Gasteiger partial charge < -0.3 is 5.32 Å². The van der Waals surface area contributed by atoms with Crippen molar-refractivity contribution in [3.05, 3.63) is 98.7 Å². The number of carbonyl (C=O) groups is 1. The smallest absolute Gasteiger partial charge is 0.265 e. The first-order valence-electron chi connectivity index (χ1n) is 9.43. The number of aromatic nitrogens is 4. The van der Waals surface area contributed by atoms with Gasteiger partial charge in [-0.05, 0) is 58.7 Å². The van der Waals surface area contributed by atoms with E-state index in [1.165, 1.54) is 22.8 Å². The molecule has 156 valence electrons. The summed E-state index contributed by atoms with van der Waals surface area (Å²) in [5, 5.41) is 3.42. The van der Waals surface area contributed by atoms with E-state index in [1.54, 1.807) is 49.8 Å². The van der Waals surface area contributed by atoms with E-state index < -0.39 is 17.5 Å². The molecule has 9 heteroatoms. The van der Waals surface area contributed by atoms with Crippen molar-refractivity contribution in [2.45, 2.75) is 19.5 Å². The van der Waals surface area contributed by atoms with Gasteiger partial charge in [0.05, 0.1) is 12.6 Å². The second-order valence-electron chi connectivity index (χ2n) is 6.93. The molecule has 3 heterocycles. The second-order valence-corrected chi connectivity index (χ2v) is 7.84. The Hall–Kier alpha value is -3.46. The normalized spacial score (nSPS) is 12.0. The van der Waals surface area contributed by atoms with E-state index >= 15 is 0 Å². The number of benzene rings is 1. The van der Waals surface area contributed by atoms with Crippen molar-refractivity contribution in [2.24, 2.45) is 0 Å². The van der Waals surface area contributed by atoms with Gasteiger partial charge in [0, 0.05) is 28.4 Å². The Morgan fingerprint density at radius 3 is 2.58 bits per heavy atom. The Morgan fingerprint density at radius 2 is 1.87 bits per heavy atom. The van der Waals surface area contributed by atoms with Gasteiger partial charge in [0.1, 0.15) is 22.9 Å². The van der Waals surface area contributed by atoms with E-state index in [-0.39, 0.29) is 17.9 Å². The molecule has 1 unspecified atom stereocenters. The highest BCUT2D eigenvalue weighted by atomic mass is 79.9. The Kier molecular flexibility index (Phi) is 5.85. The van der Waals surface area contributed by atoms with Crippen LogP contribution in [0.4, 0.5) is 4.39 Å². The predicted molar refractivity (Wildman–Crippen MR) is 117 cm³/mol. The zero-order chi connectivity index (χ0) is 22.0. The molecule has 0 aliphatic heterocycles. The first-order valence-corrected chi connectivity index (χ1v) is 10.2. The maximum absolute atomic E-state index is 13.2. The fourth-order valence-electron chi connectivity index (χ4n) is 3.21. The number of rotatable bonds is 5. The predicted octanol–water partition coefficient (Wildman–Crippen LogP) is 3.63. The van der Waals surface area contributed by atoms with Gasteiger partial charge in [-0.2, -0.15) is 0 Å². The molecule has 1 aromatic carbocycles. The number of amides is 1. The second kappa shape index (κ2) is 8.73. The number of nitrogens with one attached hydrogen (secondary N) is 1. The van der Waals surface area contributed by atoms with Crippen LogP contribution in [0.15, 0.2) is 70.3 Å². The van der Waals surface area contributed by atoms with Crippen LogP contribution in [0.3, 0.4) is 0 Å². The molecule has 1 N–H and O–H groups in total. The molecule has 3 aromatic heterocycles. The number of pyridine rings is 2. The van der Waals surface area contributed by atoms with Gasteiger partial charge in [-0.15, -0.1) is 0 Å². The molecule has 31 heavy (non-hydrogen) atoms. The molecule has 0 saturated heterocycles. The molecule has 0 bridgehead atoms. The molecule has 0 saturated carbocycles. The zero-order valence-electron chi connectivity index (χ0n) is 16.4. The molecule has 0 fully saturated rings. The van der Waals surface area contributed by atoms with Gasteiger partial charge in [0.15, 0.2) is 0 Å². The van der Waals surface area contributed by atoms with Crippen molar-refractivity contribution >= 4 is 32.9 Å². The summed E-state index contributed by atoms with van der Waals surface area (Å²) in [5.74, 6) is -0.472. The molecule has 0 spiro atoms. The Balaban J connectivity index is 1.74. The summed E-state index contributed by atoms with van der Waals surface area (Å²) in [4.78, 5) is 38.9. The average Bonchev–Trinajstić information content (AvgIpc) is 2.76. The Bertz CT molecular complexity index is 1310. The minimum absolute atomic E-state index is 0.0303. The van der Waals surface area contributed by atoms with Crippen LogP contribution < -0.4 is 10.9 Å². The summed E-state index contributed by atoms with van der Waals surface area (Å²) in [6.45, 7) is 1.83. The third kappa shape index (κ3) is 4.51. The van der Waals surface area contributed by atoms with E-state index in [0.29, 0.717) is 21.3 Å². The van der Waals surface area contributed by atoms with Gasteiger partial charge in [0.25, 0.3) is 11.5 Å². The Morgan fingerprint density at radius 1 is 1.16 bits per heavy atom. The van der Waals surface area contributed by atoms with Crippen molar-refractivity contribution in [1.82, 2.24) is 24.8 Å². The van der Waals surface area contributed by atoms with Crippen molar-refractivity contribution in [3.8, 4) is 0 Å². The maximum atomic E-state index is 13.2. The Labute approximate surface area is 185 Å². The van der Waals surface area contributed by atoms with Crippen LogP contribution in [-0.2, 0) is 6.54 Å². The summed E-state index contributed by atoms with van der Waals surface area (Å²) in [6.07, 6.45) is 4.75. The molecule has 0 aliphatic rings. The van der Waals surface area contributed by atoms with E-state index in [2.05, 4.69) is 36.2 Å². The summed E-state index contributed by atoms with van der Waals surface area (Å²) in [7, 11) is 0. The van der Waals surface area contributed by atoms with Crippen LogP contribution in [0.25, 0.3) is 11.0 Å². The van der Waals surface area contributed by atoms with Gasteiger partial charge in [-0.1, -0.05) is 12.1 Å². The lowest BCUT2D eigenvalue weighted by Gasteiger charge is -2.16. The molecular formula is C22H17BrFN5O2. The number of hydrogen-bond donors (Lipinski definition) is 1. The van der Waals surface area contributed by atoms with E-state index in [0.717, 1.165) is 5.56 Å². The number of fused-ring (bicyclic) bond motifs is 1. The van der Waals surface area contributed by atoms with E-state index in [4.69, 9.17) is 0 Å². The first kappa shape index (κ1) is 20.8. The number of hydrogen-bond acceptors (Lipinski definition) is 5. The van der Waals surface area contributed by atoms with E-state index in [1.807, 2.05) is 0 Å². The standard InChI is InChI=1S/C22H17BrFN5O2/c1-13(14-3-5-17(24)6-4-14)28-21(30)18-10-15-9-16(23)11-27-20(15)29(22(18)31)12-19-25-7-2-8-26-19/h2-11,13H,12H2,1H3,(H,28,30).